The van der Waals surface area contributed by atoms with Crippen molar-refractivity contribution in [2.45, 2.75) is 25.8 Å². The summed E-state index contributed by atoms with van der Waals surface area (Å²) in [4.78, 5) is 10.9. The molecule has 0 saturated carbocycles. The first kappa shape index (κ1) is 17.3. The van der Waals surface area contributed by atoms with E-state index in [0.29, 0.717) is 13.0 Å². The molecule has 5 rings (SSSR count). The van der Waals surface area contributed by atoms with Crippen molar-refractivity contribution in [3.05, 3.63) is 47.1 Å². The molecule has 4 aromatic rings. The Morgan fingerprint density at radius 1 is 1.36 bits per heavy atom. The highest BCUT2D eigenvalue weighted by Gasteiger charge is 2.20. The van der Waals surface area contributed by atoms with E-state index in [0.717, 1.165) is 47.1 Å². The van der Waals surface area contributed by atoms with Gasteiger partial charge >= 0.3 is 0 Å². The summed E-state index contributed by atoms with van der Waals surface area (Å²) in [6, 6.07) is 4.38. The molecular weight excluding hydrogens is 374 g/mol. The van der Waals surface area contributed by atoms with E-state index in [9.17, 15) is 0 Å². The zero-order valence-corrected chi connectivity index (χ0v) is 16.6. The number of anilines is 1. The third-order valence-electron chi connectivity index (χ3n) is 4.83. The monoisotopic (exact) mass is 395 g/mol. The molecule has 0 spiro atoms. The quantitative estimate of drug-likeness (QED) is 0.559. The minimum Gasteiger partial charge on any atom is -0.379 e. The average Bonchev–Trinajstić information content (AvgIpc) is 3.43. The number of hydrogen-bond donors (Lipinski definition) is 1. The molecule has 1 atom stereocenters. The molecule has 0 aromatic carbocycles. The molecule has 1 saturated heterocycles. The first-order valence-corrected chi connectivity index (χ1v) is 10.1. The van der Waals surface area contributed by atoms with Crippen molar-refractivity contribution >= 4 is 28.4 Å². The van der Waals surface area contributed by atoms with E-state index in [1.54, 1.807) is 4.68 Å². The van der Waals surface area contributed by atoms with Crippen LogP contribution in [0.5, 0.6) is 0 Å². The summed E-state index contributed by atoms with van der Waals surface area (Å²) in [6.07, 6.45) is 7.50. The Labute approximate surface area is 166 Å². The van der Waals surface area contributed by atoms with Crippen molar-refractivity contribution in [1.82, 2.24) is 28.7 Å². The molecule has 9 heteroatoms. The number of nitrogens with one attached hydrogen (secondary N) is 1. The highest BCUT2D eigenvalue weighted by molar-refractivity contribution is 7.05. The maximum atomic E-state index is 5.54. The van der Waals surface area contributed by atoms with Gasteiger partial charge in [0.05, 0.1) is 35.7 Å². The molecule has 4 aromatic heterocycles. The molecule has 28 heavy (non-hydrogen) atoms. The Morgan fingerprint density at radius 3 is 3.00 bits per heavy atom. The van der Waals surface area contributed by atoms with Gasteiger partial charge in [0.15, 0.2) is 5.82 Å². The van der Waals surface area contributed by atoms with E-state index >= 15 is 0 Å². The van der Waals surface area contributed by atoms with Gasteiger partial charge < -0.3 is 14.6 Å². The molecular formula is C19H21N7OS. The molecule has 0 amide bonds. The molecule has 1 N–H and O–H groups in total. The molecule has 1 fully saturated rings. The van der Waals surface area contributed by atoms with Crippen LogP contribution in [0.2, 0.25) is 0 Å². The lowest BCUT2D eigenvalue weighted by molar-refractivity contribution is 0.195. The van der Waals surface area contributed by atoms with Crippen LogP contribution in [0.3, 0.4) is 0 Å². The second-order valence-electron chi connectivity index (χ2n) is 7.10. The van der Waals surface area contributed by atoms with E-state index < -0.39 is 0 Å². The smallest absolute Gasteiger partial charge is 0.155 e. The van der Waals surface area contributed by atoms with Gasteiger partial charge in [0.25, 0.3) is 0 Å². The van der Waals surface area contributed by atoms with Crippen LogP contribution in [0.25, 0.3) is 16.7 Å². The van der Waals surface area contributed by atoms with Crippen LogP contribution in [0, 0.1) is 6.92 Å². The molecule has 8 nitrogen and oxygen atoms in total. The summed E-state index contributed by atoms with van der Waals surface area (Å²) in [5, 5.41) is 7.88. The predicted octanol–water partition coefficient (Wildman–Crippen LogP) is 2.71. The number of fused-ring (bicyclic) bond motifs is 1. The Hall–Kier alpha value is -2.78. The summed E-state index contributed by atoms with van der Waals surface area (Å²) >= 11 is 1.51. The third-order valence-corrected chi connectivity index (χ3v) is 5.70. The van der Waals surface area contributed by atoms with Crippen LogP contribution in [-0.4, -0.2) is 47.9 Å². The van der Waals surface area contributed by atoms with Crippen LogP contribution in [0.1, 0.15) is 22.8 Å². The second kappa shape index (κ2) is 6.99. The van der Waals surface area contributed by atoms with Gasteiger partial charge in [-0.1, -0.05) is 0 Å². The minimum absolute atomic E-state index is 0.258. The lowest BCUT2D eigenvalue weighted by atomic mass is 10.2. The van der Waals surface area contributed by atoms with Crippen molar-refractivity contribution in [3.8, 4) is 5.69 Å². The molecule has 0 aliphatic carbocycles. The number of nitrogens with zero attached hydrogens (tertiary/aromatic N) is 6. The highest BCUT2D eigenvalue weighted by Crippen LogP contribution is 2.27. The maximum Gasteiger partial charge on any atom is 0.155 e. The molecule has 0 radical (unpaired) electrons. The summed E-state index contributed by atoms with van der Waals surface area (Å²) in [6.45, 7) is 3.48. The fraction of sp³-hybridized carbons (Fsp3) is 0.368. The number of rotatable bonds is 5. The van der Waals surface area contributed by atoms with Crippen molar-refractivity contribution in [1.29, 1.82) is 0 Å². The number of ether oxygens (including phenoxy) is 1. The first-order chi connectivity index (χ1) is 13.7. The highest BCUT2D eigenvalue weighted by atomic mass is 32.1. The largest absolute Gasteiger partial charge is 0.379 e. The molecule has 1 aliphatic heterocycles. The third kappa shape index (κ3) is 3.27. The number of aryl methyl sites for hydroxylation is 2. The van der Waals surface area contributed by atoms with Gasteiger partial charge in [0.2, 0.25) is 0 Å². The van der Waals surface area contributed by atoms with Gasteiger partial charge in [-0.2, -0.15) is 9.47 Å². The van der Waals surface area contributed by atoms with Crippen molar-refractivity contribution in [3.63, 3.8) is 0 Å². The molecule has 1 aliphatic rings. The number of aromatic nitrogens is 6. The Bertz CT molecular complexity index is 1120. The Morgan fingerprint density at radius 2 is 2.29 bits per heavy atom. The first-order valence-electron chi connectivity index (χ1n) is 9.29. The number of hydrogen-bond acceptors (Lipinski definition) is 7. The van der Waals surface area contributed by atoms with Crippen molar-refractivity contribution in [2.75, 3.05) is 18.5 Å². The van der Waals surface area contributed by atoms with E-state index in [1.165, 1.54) is 16.4 Å². The van der Waals surface area contributed by atoms with Crippen LogP contribution in [0.15, 0.2) is 30.7 Å². The van der Waals surface area contributed by atoms with E-state index in [1.807, 2.05) is 38.6 Å². The van der Waals surface area contributed by atoms with Gasteiger partial charge in [-0.25, -0.2) is 9.97 Å². The minimum atomic E-state index is 0.258. The zero-order valence-electron chi connectivity index (χ0n) is 15.8. The second-order valence-corrected chi connectivity index (χ2v) is 7.99. The van der Waals surface area contributed by atoms with Gasteiger partial charge in [-0.05, 0) is 37.0 Å². The molecule has 5 heterocycles. The van der Waals surface area contributed by atoms with E-state index in [2.05, 4.69) is 25.4 Å². The Balaban J connectivity index is 1.59. The lowest BCUT2D eigenvalue weighted by Gasteiger charge is -2.15. The summed E-state index contributed by atoms with van der Waals surface area (Å²) in [7, 11) is 1.91. The van der Waals surface area contributed by atoms with E-state index in [-0.39, 0.29) is 6.04 Å². The van der Waals surface area contributed by atoms with Crippen LogP contribution in [-0.2, 0) is 18.2 Å². The standard InChI is InChI=1S/C19H21N7OS/c1-12-7-15(28-24-12)8-17-22-16-3-5-26(14-9-20-25(2)10-14)18(16)19(23-17)21-13-4-6-27-11-13/h3,5,7,9-10,13H,4,6,8,11H2,1-2H3,(H,21,22,23)/t13-/m0/s1. The predicted molar refractivity (Wildman–Crippen MR) is 108 cm³/mol. The van der Waals surface area contributed by atoms with E-state index in [4.69, 9.17) is 14.7 Å². The van der Waals surface area contributed by atoms with Gasteiger partial charge in [-0.3, -0.25) is 4.68 Å². The summed E-state index contributed by atoms with van der Waals surface area (Å²) in [5.74, 6) is 1.63. The Kier molecular flexibility index (Phi) is 4.33. The van der Waals surface area contributed by atoms with Crippen LogP contribution < -0.4 is 5.32 Å². The zero-order chi connectivity index (χ0) is 19.1. The molecule has 144 valence electrons. The van der Waals surface area contributed by atoms with Crippen molar-refractivity contribution in [2.24, 2.45) is 7.05 Å². The van der Waals surface area contributed by atoms with Crippen molar-refractivity contribution < 1.29 is 4.74 Å². The van der Waals surface area contributed by atoms with Gasteiger partial charge in [0, 0.05) is 37.3 Å². The normalized spacial score (nSPS) is 16.9. The SMILES string of the molecule is Cc1cc(Cc2nc(N[C@H]3CCOC3)c3c(ccn3-c3cnn(C)c3)n2)sn1. The fourth-order valence-electron chi connectivity index (χ4n) is 3.52. The summed E-state index contributed by atoms with van der Waals surface area (Å²) < 4.78 is 13.8. The van der Waals surface area contributed by atoms with Gasteiger partial charge in [-0.15, -0.1) is 0 Å². The fourth-order valence-corrected chi connectivity index (χ4v) is 4.25. The topological polar surface area (TPSA) is 82.7 Å². The lowest BCUT2D eigenvalue weighted by Crippen LogP contribution is -2.21. The van der Waals surface area contributed by atoms with Crippen LogP contribution >= 0.6 is 11.5 Å². The average molecular weight is 395 g/mol. The van der Waals surface area contributed by atoms with Crippen LogP contribution in [0.4, 0.5) is 5.82 Å². The molecule has 0 unspecified atom stereocenters. The van der Waals surface area contributed by atoms with Gasteiger partial charge in [0.1, 0.15) is 11.3 Å². The maximum absolute atomic E-state index is 5.54. The summed E-state index contributed by atoms with van der Waals surface area (Å²) in [5.41, 5.74) is 3.89. The molecule has 0 bridgehead atoms.